The van der Waals surface area contributed by atoms with Gasteiger partial charge < -0.3 is 9.64 Å². The lowest BCUT2D eigenvalue weighted by atomic mass is 9.89. The average molecular weight is 320 g/mol. The summed E-state index contributed by atoms with van der Waals surface area (Å²) in [5.41, 5.74) is 1.23. The van der Waals surface area contributed by atoms with E-state index in [1.807, 2.05) is 12.4 Å². The van der Waals surface area contributed by atoms with Gasteiger partial charge in [-0.25, -0.2) is 9.97 Å². The lowest BCUT2D eigenvalue weighted by molar-refractivity contribution is -0.0135. The number of ether oxygens (including phenoxy) is 1. The zero-order valence-electron chi connectivity index (χ0n) is 15.6. The van der Waals surface area contributed by atoms with Crippen LogP contribution in [0.25, 0.3) is 0 Å². The summed E-state index contributed by atoms with van der Waals surface area (Å²) < 4.78 is 5.81. The van der Waals surface area contributed by atoms with Gasteiger partial charge in [-0.05, 0) is 31.7 Å². The first kappa shape index (κ1) is 18.1. The zero-order chi connectivity index (χ0) is 17.1. The van der Waals surface area contributed by atoms with Gasteiger partial charge in [-0.1, -0.05) is 20.8 Å². The normalized spacial score (nSPS) is 17.6. The highest BCUT2D eigenvalue weighted by molar-refractivity contribution is 5.32. The molecule has 5 nitrogen and oxygen atoms in total. The van der Waals surface area contributed by atoms with E-state index < -0.39 is 0 Å². The fraction of sp³-hybridized carbons (Fsp3) is 0.778. The zero-order valence-corrected chi connectivity index (χ0v) is 15.6. The van der Waals surface area contributed by atoms with Gasteiger partial charge in [0.15, 0.2) is 0 Å². The second kappa shape index (κ2) is 7.14. The summed E-state index contributed by atoms with van der Waals surface area (Å²) in [4.78, 5) is 13.8. The molecule has 5 heteroatoms. The van der Waals surface area contributed by atoms with Crippen molar-refractivity contribution in [3.8, 4) is 0 Å². The van der Waals surface area contributed by atoms with Gasteiger partial charge in [-0.15, -0.1) is 0 Å². The molecular formula is C18H32N4O. The van der Waals surface area contributed by atoms with Crippen LogP contribution in [0.4, 0.5) is 5.95 Å². The van der Waals surface area contributed by atoms with Gasteiger partial charge in [0, 0.05) is 45.1 Å². The van der Waals surface area contributed by atoms with E-state index in [0.717, 1.165) is 45.3 Å². The molecule has 0 atom stereocenters. The average Bonchev–Trinajstić information content (AvgIpc) is 2.46. The van der Waals surface area contributed by atoms with E-state index in [2.05, 4.69) is 61.3 Å². The van der Waals surface area contributed by atoms with Crippen molar-refractivity contribution < 1.29 is 4.74 Å². The van der Waals surface area contributed by atoms with Crippen LogP contribution in [0, 0.1) is 0 Å². The molecule has 130 valence electrons. The Morgan fingerprint density at radius 1 is 0.957 bits per heavy atom. The summed E-state index contributed by atoms with van der Waals surface area (Å²) >= 11 is 0. The van der Waals surface area contributed by atoms with Gasteiger partial charge in [0.25, 0.3) is 0 Å². The van der Waals surface area contributed by atoms with Gasteiger partial charge in [-0.2, -0.15) is 0 Å². The van der Waals surface area contributed by atoms with Crippen molar-refractivity contribution in [2.45, 2.75) is 52.6 Å². The van der Waals surface area contributed by atoms with Crippen LogP contribution in [0.1, 0.15) is 47.1 Å². The van der Waals surface area contributed by atoms with Crippen molar-refractivity contribution in [3.63, 3.8) is 0 Å². The molecule has 0 N–H and O–H groups in total. The summed E-state index contributed by atoms with van der Waals surface area (Å²) in [5, 5.41) is 0. The molecule has 1 fully saturated rings. The maximum atomic E-state index is 5.81. The first-order valence-corrected chi connectivity index (χ1v) is 8.59. The van der Waals surface area contributed by atoms with Gasteiger partial charge in [0.1, 0.15) is 0 Å². The van der Waals surface area contributed by atoms with E-state index in [0.29, 0.717) is 0 Å². The van der Waals surface area contributed by atoms with Crippen molar-refractivity contribution in [1.82, 2.24) is 14.9 Å². The number of hydrogen-bond donors (Lipinski definition) is 0. The molecule has 1 aliphatic rings. The largest absolute Gasteiger partial charge is 0.375 e. The quantitative estimate of drug-likeness (QED) is 0.853. The second-order valence-electron chi connectivity index (χ2n) is 8.31. The van der Waals surface area contributed by atoms with E-state index in [4.69, 9.17) is 4.74 Å². The van der Waals surface area contributed by atoms with Gasteiger partial charge in [0.2, 0.25) is 5.95 Å². The Morgan fingerprint density at radius 3 is 2.00 bits per heavy atom. The van der Waals surface area contributed by atoms with Crippen LogP contribution in [-0.2, 0) is 10.2 Å². The first-order chi connectivity index (χ1) is 10.6. The second-order valence-corrected chi connectivity index (χ2v) is 8.31. The Labute approximate surface area is 141 Å². The minimum atomic E-state index is -0.0511. The van der Waals surface area contributed by atoms with Crippen LogP contribution in [0.3, 0.4) is 0 Å². The molecule has 0 aliphatic carbocycles. The molecule has 1 saturated heterocycles. The van der Waals surface area contributed by atoms with Crippen molar-refractivity contribution in [2.75, 3.05) is 44.2 Å². The topological polar surface area (TPSA) is 41.5 Å². The Morgan fingerprint density at radius 2 is 1.52 bits per heavy atom. The summed E-state index contributed by atoms with van der Waals surface area (Å²) in [5.74, 6) is 0.851. The van der Waals surface area contributed by atoms with Gasteiger partial charge in [-0.3, -0.25) is 4.90 Å². The number of piperazine rings is 1. The Bertz CT molecular complexity index is 479. The van der Waals surface area contributed by atoms with Crippen molar-refractivity contribution in [3.05, 3.63) is 18.0 Å². The molecule has 23 heavy (non-hydrogen) atoms. The summed E-state index contributed by atoms with van der Waals surface area (Å²) in [6.45, 7) is 18.7. The molecule has 1 aromatic heterocycles. The van der Waals surface area contributed by atoms with E-state index in [-0.39, 0.29) is 11.0 Å². The van der Waals surface area contributed by atoms with E-state index in [9.17, 15) is 0 Å². The summed E-state index contributed by atoms with van der Waals surface area (Å²) in [7, 11) is 0. The molecule has 1 aliphatic heterocycles. The van der Waals surface area contributed by atoms with Crippen LogP contribution < -0.4 is 4.90 Å². The highest BCUT2D eigenvalue weighted by atomic mass is 16.5. The van der Waals surface area contributed by atoms with Crippen molar-refractivity contribution in [1.29, 1.82) is 0 Å². The molecule has 0 unspecified atom stereocenters. The SMILES string of the molecule is CC(C)(C)OCCN1CCN(c2ncc(C(C)(C)C)cn2)CC1. The number of nitrogens with zero attached hydrogens (tertiary/aromatic N) is 4. The molecule has 0 aromatic carbocycles. The Balaban J connectivity index is 1.80. The van der Waals surface area contributed by atoms with Crippen molar-refractivity contribution in [2.24, 2.45) is 0 Å². The van der Waals surface area contributed by atoms with E-state index >= 15 is 0 Å². The smallest absolute Gasteiger partial charge is 0.225 e. The standard InChI is InChI=1S/C18H32N4O/c1-17(2,3)15-13-19-16(20-14-15)22-9-7-21(8-10-22)11-12-23-18(4,5)6/h13-14H,7-12H2,1-6H3. The fourth-order valence-electron chi connectivity index (χ4n) is 2.52. The fourth-order valence-corrected chi connectivity index (χ4v) is 2.52. The van der Waals surface area contributed by atoms with Crippen LogP contribution in [0.15, 0.2) is 12.4 Å². The number of rotatable bonds is 4. The molecule has 0 bridgehead atoms. The first-order valence-electron chi connectivity index (χ1n) is 8.59. The van der Waals surface area contributed by atoms with Crippen LogP contribution >= 0.6 is 0 Å². The maximum Gasteiger partial charge on any atom is 0.225 e. The molecule has 2 rings (SSSR count). The monoisotopic (exact) mass is 320 g/mol. The Hall–Kier alpha value is -1.20. The van der Waals surface area contributed by atoms with Crippen LogP contribution in [0.5, 0.6) is 0 Å². The van der Waals surface area contributed by atoms with Gasteiger partial charge >= 0.3 is 0 Å². The predicted molar refractivity (Wildman–Crippen MR) is 95.1 cm³/mol. The molecule has 0 radical (unpaired) electrons. The highest BCUT2D eigenvalue weighted by Gasteiger charge is 2.21. The molecule has 0 amide bonds. The third-order valence-corrected chi connectivity index (χ3v) is 4.10. The van der Waals surface area contributed by atoms with E-state index in [1.165, 1.54) is 5.56 Å². The third kappa shape index (κ3) is 5.74. The third-order valence-electron chi connectivity index (χ3n) is 4.10. The lowest BCUT2D eigenvalue weighted by Crippen LogP contribution is -2.48. The molecule has 2 heterocycles. The molecule has 1 aromatic rings. The van der Waals surface area contributed by atoms with Crippen molar-refractivity contribution >= 4 is 5.95 Å². The Kier molecular flexibility index (Phi) is 5.63. The maximum absolute atomic E-state index is 5.81. The molecular weight excluding hydrogens is 288 g/mol. The van der Waals surface area contributed by atoms with E-state index in [1.54, 1.807) is 0 Å². The van der Waals surface area contributed by atoms with Gasteiger partial charge in [0.05, 0.1) is 12.2 Å². The molecule has 0 spiro atoms. The van der Waals surface area contributed by atoms with Crippen LogP contribution in [0.2, 0.25) is 0 Å². The molecule has 0 saturated carbocycles. The summed E-state index contributed by atoms with van der Waals surface area (Å²) in [6, 6.07) is 0. The number of aromatic nitrogens is 2. The predicted octanol–water partition coefficient (Wildman–Crippen LogP) is 2.71. The van der Waals surface area contributed by atoms with Crippen LogP contribution in [-0.4, -0.2) is 59.8 Å². The highest BCUT2D eigenvalue weighted by Crippen LogP contribution is 2.21. The minimum absolute atomic E-state index is 0.0511. The minimum Gasteiger partial charge on any atom is -0.375 e. The lowest BCUT2D eigenvalue weighted by Gasteiger charge is -2.35. The number of hydrogen-bond acceptors (Lipinski definition) is 5. The number of anilines is 1. The summed E-state index contributed by atoms with van der Waals surface area (Å²) in [6.07, 6.45) is 3.93.